The van der Waals surface area contributed by atoms with E-state index in [4.69, 9.17) is 14.2 Å². The molecule has 0 aliphatic carbocycles. The van der Waals surface area contributed by atoms with Crippen molar-refractivity contribution >= 4 is 15.9 Å². The molecule has 1 aromatic heterocycles. The van der Waals surface area contributed by atoms with Gasteiger partial charge in [0.25, 0.3) is 0 Å². The van der Waals surface area contributed by atoms with Crippen LogP contribution in [0.1, 0.15) is 11.1 Å². The highest BCUT2D eigenvalue weighted by molar-refractivity contribution is 9.10. The third kappa shape index (κ3) is 8.23. The maximum Gasteiger partial charge on any atom is 0.0718 e. The molecule has 0 N–H and O–H groups in total. The fraction of sp³-hybridized carbons (Fsp3) is 0.389. The van der Waals surface area contributed by atoms with Crippen molar-refractivity contribution in [1.29, 1.82) is 0 Å². The number of pyridine rings is 1. The average molecular weight is 380 g/mol. The highest BCUT2D eigenvalue weighted by Gasteiger charge is 1.96. The van der Waals surface area contributed by atoms with Gasteiger partial charge in [-0.3, -0.25) is 4.98 Å². The molecule has 0 bridgehead atoms. The van der Waals surface area contributed by atoms with Crippen LogP contribution in [-0.2, 0) is 27.2 Å². The minimum Gasteiger partial charge on any atom is -0.379 e. The Morgan fingerprint density at radius 3 is 2.22 bits per heavy atom. The summed E-state index contributed by atoms with van der Waals surface area (Å²) in [6, 6.07) is 12.2. The Balaban J connectivity index is 1.40. The maximum atomic E-state index is 5.54. The van der Waals surface area contributed by atoms with Crippen LogP contribution in [0.25, 0.3) is 0 Å². The molecule has 5 heteroatoms. The molecule has 124 valence electrons. The smallest absolute Gasteiger partial charge is 0.0718 e. The van der Waals surface area contributed by atoms with Crippen LogP contribution in [0.15, 0.2) is 53.3 Å². The van der Waals surface area contributed by atoms with Gasteiger partial charge in [-0.25, -0.2) is 0 Å². The quantitative estimate of drug-likeness (QED) is 0.558. The second-order valence-electron chi connectivity index (χ2n) is 5.02. The normalized spacial score (nSPS) is 10.8. The highest BCUT2D eigenvalue weighted by atomic mass is 79.9. The number of halogens is 1. The molecule has 0 saturated carbocycles. The first kappa shape index (κ1) is 18.1. The van der Waals surface area contributed by atoms with Crippen molar-refractivity contribution in [1.82, 2.24) is 4.98 Å². The van der Waals surface area contributed by atoms with Gasteiger partial charge in [0.2, 0.25) is 0 Å². The maximum absolute atomic E-state index is 5.54. The minimum absolute atomic E-state index is 0.589. The van der Waals surface area contributed by atoms with Crippen molar-refractivity contribution in [3.8, 4) is 0 Å². The van der Waals surface area contributed by atoms with Gasteiger partial charge in [0.15, 0.2) is 0 Å². The molecule has 0 aliphatic rings. The fourth-order valence-corrected chi connectivity index (χ4v) is 2.40. The van der Waals surface area contributed by atoms with Gasteiger partial charge in [-0.1, -0.05) is 30.3 Å². The summed E-state index contributed by atoms with van der Waals surface area (Å²) in [4.78, 5) is 4.12. The molecule has 0 spiro atoms. The first-order valence-electron chi connectivity index (χ1n) is 7.71. The topological polar surface area (TPSA) is 40.6 Å². The molecule has 23 heavy (non-hydrogen) atoms. The van der Waals surface area contributed by atoms with Crippen molar-refractivity contribution in [2.75, 3.05) is 33.0 Å². The number of ether oxygens (including phenoxy) is 3. The Morgan fingerprint density at radius 1 is 0.783 bits per heavy atom. The molecule has 4 nitrogen and oxygen atoms in total. The third-order valence-electron chi connectivity index (χ3n) is 3.15. The average Bonchev–Trinajstić information content (AvgIpc) is 2.57. The lowest BCUT2D eigenvalue weighted by Crippen LogP contribution is -2.10. The second-order valence-corrected chi connectivity index (χ2v) is 5.94. The fourth-order valence-electron chi connectivity index (χ4n) is 1.99. The van der Waals surface area contributed by atoms with Gasteiger partial charge < -0.3 is 14.2 Å². The first-order valence-corrected chi connectivity index (χ1v) is 8.50. The Kier molecular flexibility index (Phi) is 8.88. The Hall–Kier alpha value is -1.27. The van der Waals surface area contributed by atoms with Crippen LogP contribution in [-0.4, -0.2) is 38.0 Å². The van der Waals surface area contributed by atoms with Crippen molar-refractivity contribution in [2.24, 2.45) is 0 Å². The molecular weight excluding hydrogens is 358 g/mol. The zero-order valence-corrected chi connectivity index (χ0v) is 14.7. The summed E-state index contributed by atoms with van der Waals surface area (Å²) in [6.07, 6.45) is 4.49. The molecule has 0 radical (unpaired) electrons. The molecule has 0 aliphatic heterocycles. The summed E-state index contributed by atoms with van der Waals surface area (Å²) < 4.78 is 17.6. The molecule has 2 rings (SSSR count). The summed E-state index contributed by atoms with van der Waals surface area (Å²) >= 11 is 3.41. The van der Waals surface area contributed by atoms with Crippen molar-refractivity contribution in [3.05, 3.63) is 64.4 Å². The molecule has 0 unspecified atom stereocenters. The summed E-state index contributed by atoms with van der Waals surface area (Å²) in [6.45, 7) is 3.67. The lowest BCUT2D eigenvalue weighted by Gasteiger charge is -2.07. The zero-order valence-electron chi connectivity index (χ0n) is 13.1. The van der Waals surface area contributed by atoms with Gasteiger partial charge in [0, 0.05) is 16.9 Å². The van der Waals surface area contributed by atoms with Gasteiger partial charge in [-0.2, -0.15) is 0 Å². The van der Waals surface area contributed by atoms with Crippen LogP contribution in [0.3, 0.4) is 0 Å². The number of nitrogens with zero attached hydrogens (tertiary/aromatic N) is 1. The highest BCUT2D eigenvalue weighted by Crippen LogP contribution is 2.09. The van der Waals surface area contributed by atoms with E-state index in [1.165, 1.54) is 5.56 Å². The molecule has 0 fully saturated rings. The van der Waals surface area contributed by atoms with E-state index in [1.807, 2.05) is 24.4 Å². The van der Waals surface area contributed by atoms with Crippen LogP contribution >= 0.6 is 15.9 Å². The lowest BCUT2D eigenvalue weighted by molar-refractivity contribution is 0.0111. The zero-order chi connectivity index (χ0) is 16.2. The van der Waals surface area contributed by atoms with Crippen molar-refractivity contribution in [3.63, 3.8) is 0 Å². The van der Waals surface area contributed by atoms with E-state index in [0.29, 0.717) is 39.6 Å². The predicted octanol–water partition coefficient (Wildman–Crippen LogP) is 3.64. The van der Waals surface area contributed by atoms with Gasteiger partial charge in [-0.15, -0.1) is 0 Å². The van der Waals surface area contributed by atoms with Gasteiger partial charge in [-0.05, 0) is 39.5 Å². The largest absolute Gasteiger partial charge is 0.379 e. The lowest BCUT2D eigenvalue weighted by atomic mass is 10.2. The minimum atomic E-state index is 0.589. The summed E-state index contributed by atoms with van der Waals surface area (Å²) in [7, 11) is 0. The van der Waals surface area contributed by atoms with Crippen LogP contribution in [0.5, 0.6) is 0 Å². The predicted molar refractivity (Wildman–Crippen MR) is 93.4 cm³/mol. The number of aromatic nitrogens is 1. The summed E-state index contributed by atoms with van der Waals surface area (Å²) in [5.74, 6) is 0. The van der Waals surface area contributed by atoms with Crippen molar-refractivity contribution < 1.29 is 14.2 Å². The van der Waals surface area contributed by atoms with E-state index < -0.39 is 0 Å². The van der Waals surface area contributed by atoms with Crippen LogP contribution < -0.4 is 0 Å². The van der Waals surface area contributed by atoms with E-state index in [1.54, 1.807) is 6.20 Å². The Bertz CT molecular complexity index is 551. The summed E-state index contributed by atoms with van der Waals surface area (Å²) in [5, 5.41) is 0. The standard InChI is InChI=1S/C18H22BrNO3/c19-18-12-17(13-20-14-18)6-7-21-8-9-22-10-11-23-15-16-4-2-1-3-5-16/h1-5,12-14H,6-11,15H2. The van der Waals surface area contributed by atoms with Crippen LogP contribution in [0, 0.1) is 0 Å². The monoisotopic (exact) mass is 379 g/mol. The van der Waals surface area contributed by atoms with E-state index in [2.05, 4.69) is 39.1 Å². The van der Waals surface area contributed by atoms with Gasteiger partial charge in [0.1, 0.15) is 0 Å². The third-order valence-corrected chi connectivity index (χ3v) is 3.59. The first-order chi connectivity index (χ1) is 11.3. The van der Waals surface area contributed by atoms with Crippen molar-refractivity contribution in [2.45, 2.75) is 13.0 Å². The SMILES string of the molecule is Brc1cncc(CCOCCOCCOCc2ccccc2)c1. The Morgan fingerprint density at radius 2 is 1.48 bits per heavy atom. The van der Waals surface area contributed by atoms with Crippen LogP contribution in [0.2, 0.25) is 0 Å². The molecule has 0 amide bonds. The molecule has 1 aromatic carbocycles. The number of hydrogen-bond acceptors (Lipinski definition) is 4. The molecule has 2 aromatic rings. The van der Waals surface area contributed by atoms with Crippen LogP contribution in [0.4, 0.5) is 0 Å². The van der Waals surface area contributed by atoms with Gasteiger partial charge in [0.05, 0.1) is 39.6 Å². The summed E-state index contributed by atoms with van der Waals surface area (Å²) in [5.41, 5.74) is 2.34. The van der Waals surface area contributed by atoms with Gasteiger partial charge >= 0.3 is 0 Å². The number of hydrogen-bond donors (Lipinski definition) is 0. The molecular formula is C18H22BrNO3. The van der Waals surface area contributed by atoms with E-state index in [0.717, 1.165) is 16.5 Å². The Labute approximate surface area is 145 Å². The molecule has 0 atom stereocenters. The second kappa shape index (κ2) is 11.3. The van der Waals surface area contributed by atoms with E-state index in [-0.39, 0.29) is 0 Å². The van der Waals surface area contributed by atoms with E-state index >= 15 is 0 Å². The molecule has 1 heterocycles. The number of rotatable bonds is 11. The van der Waals surface area contributed by atoms with E-state index in [9.17, 15) is 0 Å². The number of benzene rings is 1. The molecule has 0 saturated heterocycles.